The van der Waals surface area contributed by atoms with Crippen LogP contribution in [0.25, 0.3) is 10.1 Å². The fraction of sp³-hybridized carbons (Fsp3) is 0.118. The number of phenolic OH excluding ortho intramolecular Hbond substituents is 1. The minimum absolute atomic E-state index is 0.00373. The summed E-state index contributed by atoms with van der Waals surface area (Å²) in [6.07, 6.45) is 1.75. The number of hydrogen-bond donors (Lipinski definition) is 1. The zero-order chi connectivity index (χ0) is 21.6. The van der Waals surface area contributed by atoms with Gasteiger partial charge in [0.1, 0.15) is 5.75 Å². The van der Waals surface area contributed by atoms with Crippen molar-refractivity contribution in [2.45, 2.75) is 9.72 Å². The molecular formula is C17H10F3IO5S3. The highest BCUT2D eigenvalue weighted by molar-refractivity contribution is 14.1. The van der Waals surface area contributed by atoms with Crippen LogP contribution in [-0.2, 0) is 10.1 Å². The molecule has 29 heavy (non-hydrogen) atoms. The predicted octanol–water partition coefficient (Wildman–Crippen LogP) is 5.39. The summed E-state index contributed by atoms with van der Waals surface area (Å²) >= 11 is 4.13. The van der Waals surface area contributed by atoms with Gasteiger partial charge in [0.25, 0.3) is 0 Å². The van der Waals surface area contributed by atoms with Crippen LogP contribution in [-0.4, -0.2) is 31.1 Å². The Labute approximate surface area is 185 Å². The first-order chi connectivity index (χ1) is 13.5. The Kier molecular flexibility index (Phi) is 6.09. The lowest BCUT2D eigenvalue weighted by molar-refractivity contribution is -0.0500. The monoisotopic (exact) mass is 574 g/mol. The summed E-state index contributed by atoms with van der Waals surface area (Å²) < 4.78 is 66.0. The lowest BCUT2D eigenvalue weighted by Crippen LogP contribution is -2.28. The number of carbonyl (C=O) groups excluding carboxylic acids is 1. The van der Waals surface area contributed by atoms with E-state index < -0.39 is 21.4 Å². The lowest BCUT2D eigenvalue weighted by atomic mass is 10.0. The number of thiophene rings is 1. The third-order valence-electron chi connectivity index (χ3n) is 3.75. The van der Waals surface area contributed by atoms with Crippen LogP contribution >= 0.6 is 45.7 Å². The van der Waals surface area contributed by atoms with Crippen molar-refractivity contribution in [3.8, 4) is 11.5 Å². The molecule has 154 valence electrons. The Morgan fingerprint density at radius 3 is 2.34 bits per heavy atom. The summed E-state index contributed by atoms with van der Waals surface area (Å²) in [7, 11) is -5.81. The van der Waals surface area contributed by atoms with Gasteiger partial charge in [-0.25, -0.2) is 0 Å². The number of hydrogen-bond acceptors (Lipinski definition) is 7. The van der Waals surface area contributed by atoms with Gasteiger partial charge in [-0.05, 0) is 65.2 Å². The summed E-state index contributed by atoms with van der Waals surface area (Å²) in [4.78, 5) is 13.0. The van der Waals surface area contributed by atoms with Crippen molar-refractivity contribution in [3.05, 3.63) is 51.1 Å². The quantitative estimate of drug-likeness (QED) is 0.145. The van der Waals surface area contributed by atoms with E-state index in [9.17, 15) is 31.5 Å². The highest BCUT2D eigenvalue weighted by Crippen LogP contribution is 2.43. The zero-order valence-corrected chi connectivity index (χ0v) is 18.9. The van der Waals surface area contributed by atoms with Crippen LogP contribution in [0.3, 0.4) is 0 Å². The minimum atomic E-state index is -5.81. The Morgan fingerprint density at radius 2 is 1.79 bits per heavy atom. The number of alkyl halides is 3. The van der Waals surface area contributed by atoms with Gasteiger partial charge in [0.2, 0.25) is 0 Å². The molecule has 1 heterocycles. The topological polar surface area (TPSA) is 80.7 Å². The van der Waals surface area contributed by atoms with Crippen molar-refractivity contribution in [1.29, 1.82) is 0 Å². The first-order valence-corrected chi connectivity index (χ1v) is 12.1. The van der Waals surface area contributed by atoms with Crippen molar-refractivity contribution >= 4 is 71.7 Å². The molecule has 0 saturated heterocycles. The third-order valence-corrected chi connectivity index (χ3v) is 8.50. The molecule has 0 aliphatic rings. The number of fused-ring (bicyclic) bond motifs is 1. The molecule has 1 aromatic heterocycles. The normalized spacial score (nSPS) is 12.3. The van der Waals surface area contributed by atoms with Gasteiger partial charge < -0.3 is 9.29 Å². The van der Waals surface area contributed by atoms with Gasteiger partial charge in [-0.15, -0.1) is 23.1 Å². The number of thioether (sulfide) groups is 1. The van der Waals surface area contributed by atoms with E-state index in [1.807, 2.05) is 0 Å². The molecule has 0 saturated carbocycles. The summed E-state index contributed by atoms with van der Waals surface area (Å²) in [5.74, 6) is -0.787. The predicted molar refractivity (Wildman–Crippen MR) is 113 cm³/mol. The maximum absolute atomic E-state index is 13.0. The van der Waals surface area contributed by atoms with Crippen LogP contribution in [0, 0.1) is 3.57 Å². The van der Waals surface area contributed by atoms with E-state index in [4.69, 9.17) is 0 Å². The molecule has 0 fully saturated rings. The molecule has 0 atom stereocenters. The van der Waals surface area contributed by atoms with Gasteiger partial charge in [0.15, 0.2) is 11.5 Å². The van der Waals surface area contributed by atoms with Crippen LogP contribution < -0.4 is 4.18 Å². The number of rotatable bonds is 5. The van der Waals surface area contributed by atoms with Crippen molar-refractivity contribution in [2.24, 2.45) is 0 Å². The molecule has 0 radical (unpaired) electrons. The molecule has 0 aliphatic heterocycles. The van der Waals surface area contributed by atoms with Gasteiger partial charge in [0, 0.05) is 10.9 Å². The average Bonchev–Trinajstić information content (AvgIpc) is 3.02. The van der Waals surface area contributed by atoms with Crippen LogP contribution in [0.2, 0.25) is 0 Å². The van der Waals surface area contributed by atoms with Gasteiger partial charge in [-0.3, -0.25) is 4.79 Å². The van der Waals surface area contributed by atoms with Gasteiger partial charge in [-0.1, -0.05) is 0 Å². The van der Waals surface area contributed by atoms with E-state index >= 15 is 0 Å². The van der Waals surface area contributed by atoms with Gasteiger partial charge in [0.05, 0.1) is 18.0 Å². The van der Waals surface area contributed by atoms with E-state index in [0.29, 0.717) is 25.4 Å². The van der Waals surface area contributed by atoms with E-state index in [2.05, 4.69) is 4.18 Å². The Hall–Kier alpha value is -1.51. The van der Waals surface area contributed by atoms with E-state index in [1.165, 1.54) is 42.1 Å². The number of benzene rings is 2. The van der Waals surface area contributed by atoms with Crippen molar-refractivity contribution < 1.29 is 35.7 Å². The molecule has 3 aromatic rings. The number of aromatic hydroxyl groups is 1. The highest BCUT2D eigenvalue weighted by Gasteiger charge is 2.48. The SMILES string of the molecule is CSc1sc2c(I)c(OS(=O)(=O)C(F)(F)F)ccc2c1C(=O)c1ccc(O)cc1. The summed E-state index contributed by atoms with van der Waals surface area (Å²) in [6, 6.07) is 8.13. The van der Waals surface area contributed by atoms with Crippen molar-refractivity contribution in [3.63, 3.8) is 0 Å². The van der Waals surface area contributed by atoms with Crippen LogP contribution in [0.1, 0.15) is 15.9 Å². The van der Waals surface area contributed by atoms with E-state index in [0.717, 1.165) is 17.4 Å². The van der Waals surface area contributed by atoms with Gasteiger partial charge in [-0.2, -0.15) is 21.6 Å². The Balaban J connectivity index is 2.13. The first-order valence-electron chi connectivity index (χ1n) is 7.59. The summed E-state index contributed by atoms with van der Waals surface area (Å²) in [6.45, 7) is 0. The van der Waals surface area contributed by atoms with E-state index in [-0.39, 0.29) is 15.1 Å². The van der Waals surface area contributed by atoms with E-state index in [1.54, 1.807) is 28.8 Å². The third kappa shape index (κ3) is 4.20. The second kappa shape index (κ2) is 7.96. The smallest absolute Gasteiger partial charge is 0.508 e. The number of ketones is 1. The number of halogens is 4. The molecule has 0 bridgehead atoms. The first kappa shape index (κ1) is 22.2. The second-order valence-electron chi connectivity index (χ2n) is 5.58. The Morgan fingerprint density at radius 1 is 1.17 bits per heavy atom. The molecule has 0 unspecified atom stereocenters. The standard InChI is InChI=1S/C17H10F3IO5S3/c1-27-16-12(14(23)8-2-4-9(22)5-3-8)10-6-7-11(13(21)15(10)28-16)26-29(24,25)17(18,19)20/h2-7,22H,1H3. The fourth-order valence-corrected chi connectivity index (χ4v) is 5.91. The molecule has 12 heteroatoms. The van der Waals surface area contributed by atoms with Crippen LogP contribution in [0.15, 0.2) is 40.6 Å². The molecule has 0 aliphatic carbocycles. The second-order valence-corrected chi connectivity index (χ2v) is 10.3. The average molecular weight is 574 g/mol. The summed E-state index contributed by atoms with van der Waals surface area (Å²) in [5.41, 5.74) is -4.87. The molecule has 1 N–H and O–H groups in total. The molecule has 2 aromatic carbocycles. The number of carbonyl (C=O) groups is 1. The highest BCUT2D eigenvalue weighted by atomic mass is 127. The van der Waals surface area contributed by atoms with Crippen molar-refractivity contribution in [1.82, 2.24) is 0 Å². The fourth-order valence-electron chi connectivity index (χ4n) is 2.43. The van der Waals surface area contributed by atoms with Gasteiger partial charge >= 0.3 is 15.6 Å². The molecule has 0 amide bonds. The largest absolute Gasteiger partial charge is 0.534 e. The lowest BCUT2D eigenvalue weighted by Gasteiger charge is -2.11. The summed E-state index contributed by atoms with van der Waals surface area (Å²) in [5, 5.41) is 9.87. The Bertz CT molecular complexity index is 1200. The van der Waals surface area contributed by atoms with Crippen LogP contribution in [0.5, 0.6) is 11.5 Å². The zero-order valence-electron chi connectivity index (χ0n) is 14.3. The minimum Gasteiger partial charge on any atom is -0.508 e. The van der Waals surface area contributed by atoms with Crippen LogP contribution in [0.4, 0.5) is 13.2 Å². The molecular weight excluding hydrogens is 564 g/mol. The number of phenols is 1. The van der Waals surface area contributed by atoms with Crippen molar-refractivity contribution in [2.75, 3.05) is 6.26 Å². The maximum Gasteiger partial charge on any atom is 0.534 e. The molecule has 5 nitrogen and oxygen atoms in total. The maximum atomic E-state index is 13.0. The molecule has 0 spiro atoms. The molecule has 3 rings (SSSR count).